The Morgan fingerprint density at radius 1 is 1.24 bits per heavy atom. The van der Waals surface area contributed by atoms with Crippen LogP contribution in [-0.2, 0) is 0 Å². The molecule has 0 radical (unpaired) electrons. The number of nitrogens with one attached hydrogen (secondary N) is 2. The van der Waals surface area contributed by atoms with E-state index in [1.165, 1.54) is 7.05 Å². The van der Waals surface area contributed by atoms with Crippen molar-refractivity contribution < 1.29 is 13.6 Å². The van der Waals surface area contributed by atoms with E-state index in [-0.39, 0.29) is 11.3 Å². The monoisotopic (exact) mass is 355 g/mol. The lowest BCUT2D eigenvalue weighted by Gasteiger charge is -2.09. The van der Waals surface area contributed by atoms with E-state index < -0.39 is 17.5 Å². The molecular formula is C14H12BrF2N3O. The van der Waals surface area contributed by atoms with Crippen molar-refractivity contribution in [1.29, 1.82) is 0 Å². The topological polar surface area (TPSA) is 54.0 Å². The zero-order valence-electron chi connectivity index (χ0n) is 11.3. The summed E-state index contributed by atoms with van der Waals surface area (Å²) in [6.45, 7) is 1.76. The average molecular weight is 356 g/mol. The molecule has 2 aromatic rings. The molecule has 1 amide bonds. The molecule has 1 aromatic carbocycles. The number of anilines is 2. The maximum atomic E-state index is 13.6. The Morgan fingerprint density at radius 2 is 1.86 bits per heavy atom. The average Bonchev–Trinajstić information content (AvgIpc) is 2.42. The summed E-state index contributed by atoms with van der Waals surface area (Å²) in [6, 6.07) is 5.25. The van der Waals surface area contributed by atoms with Crippen LogP contribution in [0.3, 0.4) is 0 Å². The van der Waals surface area contributed by atoms with Gasteiger partial charge in [0.15, 0.2) is 0 Å². The number of pyridine rings is 1. The van der Waals surface area contributed by atoms with Crippen LogP contribution < -0.4 is 10.6 Å². The number of amides is 1. The van der Waals surface area contributed by atoms with Crippen molar-refractivity contribution in [2.45, 2.75) is 6.92 Å². The number of aromatic nitrogens is 1. The summed E-state index contributed by atoms with van der Waals surface area (Å²) in [6.07, 6.45) is 0. The highest BCUT2D eigenvalue weighted by Crippen LogP contribution is 2.21. The number of carbonyl (C=O) groups is 1. The fraction of sp³-hybridized carbons (Fsp3) is 0.143. The molecule has 0 unspecified atom stereocenters. The van der Waals surface area contributed by atoms with Crippen LogP contribution in [0, 0.1) is 18.6 Å². The van der Waals surface area contributed by atoms with Crippen LogP contribution in [0.1, 0.15) is 16.1 Å². The van der Waals surface area contributed by atoms with Crippen LogP contribution in [0.4, 0.5) is 20.3 Å². The molecule has 0 spiro atoms. The van der Waals surface area contributed by atoms with E-state index in [1.54, 1.807) is 19.1 Å². The van der Waals surface area contributed by atoms with Crippen LogP contribution in [0.15, 0.2) is 28.7 Å². The molecule has 1 aromatic heterocycles. The van der Waals surface area contributed by atoms with Gasteiger partial charge in [-0.3, -0.25) is 4.79 Å². The van der Waals surface area contributed by atoms with Gasteiger partial charge in [-0.05, 0) is 47.1 Å². The molecule has 2 rings (SSSR count). The Hall–Kier alpha value is -2.02. The van der Waals surface area contributed by atoms with Gasteiger partial charge < -0.3 is 10.6 Å². The Kier molecular flexibility index (Phi) is 4.52. The number of aryl methyl sites for hydroxylation is 1. The van der Waals surface area contributed by atoms with Gasteiger partial charge in [0.25, 0.3) is 5.91 Å². The lowest BCUT2D eigenvalue weighted by molar-refractivity contribution is 0.102. The third-order valence-electron chi connectivity index (χ3n) is 2.82. The number of nitrogens with zero attached hydrogens (tertiary/aromatic N) is 1. The molecule has 4 nitrogen and oxygen atoms in total. The highest BCUT2D eigenvalue weighted by atomic mass is 79.9. The van der Waals surface area contributed by atoms with E-state index >= 15 is 0 Å². The van der Waals surface area contributed by atoms with E-state index in [1.807, 2.05) is 0 Å². The Balaban J connectivity index is 2.26. The first kappa shape index (κ1) is 15.4. The second kappa shape index (κ2) is 6.17. The van der Waals surface area contributed by atoms with Crippen LogP contribution in [0.25, 0.3) is 0 Å². The van der Waals surface area contributed by atoms with Gasteiger partial charge in [-0.1, -0.05) is 0 Å². The van der Waals surface area contributed by atoms with Gasteiger partial charge >= 0.3 is 0 Å². The number of benzene rings is 1. The second-order valence-electron chi connectivity index (χ2n) is 4.28. The van der Waals surface area contributed by atoms with Crippen molar-refractivity contribution in [2.75, 3.05) is 17.7 Å². The molecule has 1 heterocycles. The summed E-state index contributed by atoms with van der Waals surface area (Å²) < 4.78 is 28.0. The third kappa shape index (κ3) is 3.36. The zero-order chi connectivity index (χ0) is 15.6. The maximum Gasteiger partial charge on any atom is 0.257 e. The molecule has 110 valence electrons. The standard InChI is InChI=1S/C14H12BrF2N3O/c1-7-9(15)3-4-12(19-7)20-14(21)8-5-10(16)13(18-2)11(17)6-8/h3-6,18H,1-2H3,(H,19,20,21). The number of halogens is 3. The number of hydrogen-bond donors (Lipinski definition) is 2. The van der Waals surface area contributed by atoms with E-state index in [4.69, 9.17) is 0 Å². The normalized spacial score (nSPS) is 10.3. The largest absolute Gasteiger partial charge is 0.383 e. The van der Waals surface area contributed by atoms with E-state index in [0.29, 0.717) is 11.5 Å². The van der Waals surface area contributed by atoms with Crippen molar-refractivity contribution >= 4 is 33.3 Å². The predicted octanol–water partition coefficient (Wildman–Crippen LogP) is 3.72. The van der Waals surface area contributed by atoms with Crippen LogP contribution in [0.2, 0.25) is 0 Å². The zero-order valence-corrected chi connectivity index (χ0v) is 12.9. The fourth-order valence-corrected chi connectivity index (χ4v) is 1.97. The molecule has 0 aliphatic rings. The van der Waals surface area contributed by atoms with E-state index in [0.717, 1.165) is 16.6 Å². The summed E-state index contributed by atoms with van der Waals surface area (Å²) in [5, 5.41) is 4.89. The van der Waals surface area contributed by atoms with Gasteiger partial charge in [-0.25, -0.2) is 13.8 Å². The molecule has 21 heavy (non-hydrogen) atoms. The Bertz CT molecular complexity index is 684. The molecular weight excluding hydrogens is 344 g/mol. The highest BCUT2D eigenvalue weighted by molar-refractivity contribution is 9.10. The lowest BCUT2D eigenvalue weighted by atomic mass is 10.1. The number of carbonyl (C=O) groups excluding carboxylic acids is 1. The first-order valence-electron chi connectivity index (χ1n) is 6.03. The van der Waals surface area contributed by atoms with E-state index in [2.05, 4.69) is 31.5 Å². The fourth-order valence-electron chi connectivity index (χ4n) is 1.75. The van der Waals surface area contributed by atoms with Crippen molar-refractivity contribution in [3.8, 4) is 0 Å². The smallest absolute Gasteiger partial charge is 0.257 e. The van der Waals surface area contributed by atoms with Crippen molar-refractivity contribution in [3.05, 3.63) is 51.6 Å². The molecule has 0 fully saturated rings. The molecule has 0 saturated carbocycles. The van der Waals surface area contributed by atoms with Crippen LogP contribution >= 0.6 is 15.9 Å². The summed E-state index contributed by atoms with van der Waals surface area (Å²) in [5.41, 5.74) is 0.297. The molecule has 0 saturated heterocycles. The summed E-state index contributed by atoms with van der Waals surface area (Å²) in [5.74, 6) is -1.99. The van der Waals surface area contributed by atoms with Gasteiger partial charge in [0.05, 0.1) is 5.69 Å². The molecule has 7 heteroatoms. The Morgan fingerprint density at radius 3 is 2.38 bits per heavy atom. The molecule has 2 N–H and O–H groups in total. The second-order valence-corrected chi connectivity index (χ2v) is 5.14. The van der Waals surface area contributed by atoms with Crippen LogP contribution in [0.5, 0.6) is 0 Å². The molecule has 0 aliphatic carbocycles. The summed E-state index contributed by atoms with van der Waals surface area (Å²) >= 11 is 3.29. The molecule has 0 bridgehead atoms. The molecule has 0 atom stereocenters. The van der Waals surface area contributed by atoms with Crippen molar-refractivity contribution in [1.82, 2.24) is 4.98 Å². The van der Waals surface area contributed by atoms with Gasteiger partial charge in [-0.15, -0.1) is 0 Å². The van der Waals surface area contributed by atoms with Crippen molar-refractivity contribution in [2.24, 2.45) is 0 Å². The Labute approximate surface area is 128 Å². The van der Waals surface area contributed by atoms with Gasteiger partial charge in [0.1, 0.15) is 23.1 Å². The first-order chi connectivity index (χ1) is 9.92. The van der Waals surface area contributed by atoms with Gasteiger partial charge in [0.2, 0.25) is 0 Å². The third-order valence-corrected chi connectivity index (χ3v) is 3.66. The first-order valence-corrected chi connectivity index (χ1v) is 6.83. The maximum absolute atomic E-state index is 13.6. The lowest BCUT2D eigenvalue weighted by Crippen LogP contribution is -2.14. The number of hydrogen-bond acceptors (Lipinski definition) is 3. The van der Waals surface area contributed by atoms with Gasteiger partial charge in [-0.2, -0.15) is 0 Å². The van der Waals surface area contributed by atoms with Crippen LogP contribution in [-0.4, -0.2) is 17.9 Å². The predicted molar refractivity (Wildman–Crippen MR) is 80.5 cm³/mol. The molecule has 0 aliphatic heterocycles. The SMILES string of the molecule is CNc1c(F)cc(C(=O)Nc2ccc(Br)c(C)n2)cc1F. The number of rotatable bonds is 3. The minimum Gasteiger partial charge on any atom is -0.383 e. The van der Waals surface area contributed by atoms with E-state index in [9.17, 15) is 13.6 Å². The van der Waals surface area contributed by atoms with Gasteiger partial charge in [0, 0.05) is 17.1 Å². The summed E-state index contributed by atoms with van der Waals surface area (Å²) in [4.78, 5) is 16.1. The summed E-state index contributed by atoms with van der Waals surface area (Å²) in [7, 11) is 1.40. The minimum absolute atomic E-state index is 0.119. The quantitative estimate of drug-likeness (QED) is 0.881. The minimum atomic E-state index is -0.831. The highest BCUT2D eigenvalue weighted by Gasteiger charge is 2.15. The van der Waals surface area contributed by atoms with Crippen molar-refractivity contribution in [3.63, 3.8) is 0 Å².